The van der Waals surface area contributed by atoms with Gasteiger partial charge in [0.2, 0.25) is 11.6 Å². The summed E-state index contributed by atoms with van der Waals surface area (Å²) in [6.07, 6.45) is 0. The van der Waals surface area contributed by atoms with Crippen LogP contribution in [-0.2, 0) is 26.1 Å². The Morgan fingerprint density at radius 1 is 0.615 bits per heavy atom. The summed E-state index contributed by atoms with van der Waals surface area (Å²) < 4.78 is 0. The largest absolute Gasteiger partial charge is 0.394 e. The van der Waals surface area contributed by atoms with Crippen LogP contribution < -0.4 is 22.9 Å². The van der Waals surface area contributed by atoms with Gasteiger partial charge in [-0.2, -0.15) is 0 Å². The number of nitrogens with two attached hydrogens (primary N) is 4. The van der Waals surface area contributed by atoms with Crippen LogP contribution in [0.1, 0.15) is 0 Å². The van der Waals surface area contributed by atoms with Gasteiger partial charge in [0.05, 0.1) is 0 Å². The molecule has 0 spiro atoms. The maximum Gasteiger partial charge on any atom is 0.228 e. The van der Waals surface area contributed by atoms with Gasteiger partial charge >= 0.3 is 0 Å². The van der Waals surface area contributed by atoms with E-state index in [0.717, 1.165) is 0 Å². The molecule has 1 aliphatic rings. The van der Waals surface area contributed by atoms with E-state index in [0.29, 0.717) is 0 Å². The van der Waals surface area contributed by atoms with Crippen LogP contribution in [0.3, 0.4) is 0 Å². The first-order valence-corrected chi connectivity index (χ1v) is 3.06. The Morgan fingerprint density at radius 2 is 0.769 bits per heavy atom. The maximum atomic E-state index is 11.0. The molecule has 0 heterocycles. The number of carbonyl (C=O) groups is 2. The molecule has 0 aliphatic heterocycles. The van der Waals surface area contributed by atoms with Gasteiger partial charge in [-0.15, -0.1) is 0 Å². The molecule has 0 aromatic heterocycles. The molecule has 6 nitrogen and oxygen atoms in total. The molecule has 7 heteroatoms. The molecular weight excluding hydrogens is 219 g/mol. The summed E-state index contributed by atoms with van der Waals surface area (Å²) in [4.78, 5) is 22.0. The molecule has 0 saturated heterocycles. The summed E-state index contributed by atoms with van der Waals surface area (Å²) in [6, 6.07) is 0. The van der Waals surface area contributed by atoms with Gasteiger partial charge < -0.3 is 22.9 Å². The van der Waals surface area contributed by atoms with E-state index in [4.69, 9.17) is 22.9 Å². The summed E-state index contributed by atoms with van der Waals surface area (Å²) in [5.41, 5.74) is 19.4. The summed E-state index contributed by atoms with van der Waals surface area (Å²) in [7, 11) is 0. The second-order valence-corrected chi connectivity index (χ2v) is 2.31. The first kappa shape index (κ1) is 11.5. The fourth-order valence-corrected chi connectivity index (χ4v) is 0.779. The van der Waals surface area contributed by atoms with Gasteiger partial charge in [0.25, 0.3) is 0 Å². The van der Waals surface area contributed by atoms with Crippen molar-refractivity contribution in [3.05, 3.63) is 22.8 Å². The second kappa shape index (κ2) is 3.49. The van der Waals surface area contributed by atoms with Gasteiger partial charge in [-0.3, -0.25) is 9.59 Å². The van der Waals surface area contributed by atoms with Crippen molar-refractivity contribution in [2.45, 2.75) is 0 Å². The quantitative estimate of drug-likeness (QED) is 0.264. The molecule has 0 amide bonds. The summed E-state index contributed by atoms with van der Waals surface area (Å²) in [6.45, 7) is 0. The van der Waals surface area contributed by atoms with Crippen LogP contribution in [0.4, 0.5) is 0 Å². The number of rotatable bonds is 0. The Kier molecular flexibility index (Phi) is 3.09. The molecule has 0 saturated carbocycles. The average Bonchev–Trinajstić information content (AvgIpc) is 2.08. The van der Waals surface area contributed by atoms with Crippen LogP contribution in [-0.4, -0.2) is 11.6 Å². The van der Waals surface area contributed by atoms with E-state index < -0.39 is 11.6 Å². The first-order valence-electron chi connectivity index (χ1n) is 3.06. The molecular formula is C6H8N4NiO2. The number of ketones is 2. The molecule has 1 rings (SSSR count). The van der Waals surface area contributed by atoms with E-state index in [-0.39, 0.29) is 39.3 Å². The van der Waals surface area contributed by atoms with Crippen LogP contribution in [0.15, 0.2) is 22.8 Å². The molecule has 0 aromatic rings. The van der Waals surface area contributed by atoms with Gasteiger partial charge in [0.15, 0.2) is 0 Å². The van der Waals surface area contributed by atoms with Gasteiger partial charge in [-0.1, -0.05) is 0 Å². The monoisotopic (exact) mass is 226 g/mol. The molecule has 0 aromatic carbocycles. The van der Waals surface area contributed by atoms with E-state index in [9.17, 15) is 9.59 Å². The zero-order valence-electron chi connectivity index (χ0n) is 6.44. The smallest absolute Gasteiger partial charge is 0.228 e. The van der Waals surface area contributed by atoms with E-state index in [1.54, 1.807) is 0 Å². The van der Waals surface area contributed by atoms with E-state index in [1.807, 2.05) is 0 Å². The number of hydrogen-bond acceptors (Lipinski definition) is 6. The van der Waals surface area contributed by atoms with Gasteiger partial charge in [0.1, 0.15) is 22.8 Å². The van der Waals surface area contributed by atoms with Crippen molar-refractivity contribution >= 4 is 11.6 Å². The fourth-order valence-electron chi connectivity index (χ4n) is 0.779. The predicted molar refractivity (Wildman–Crippen MR) is 40.8 cm³/mol. The molecule has 13 heavy (non-hydrogen) atoms. The Labute approximate surface area is 83.9 Å². The molecule has 8 N–H and O–H groups in total. The third-order valence-electron chi connectivity index (χ3n) is 1.56. The van der Waals surface area contributed by atoms with Crippen LogP contribution in [0.2, 0.25) is 0 Å². The van der Waals surface area contributed by atoms with Gasteiger partial charge in [-0.05, 0) is 0 Å². The Balaban J connectivity index is 0.00000144. The molecule has 0 bridgehead atoms. The average molecular weight is 227 g/mol. The fraction of sp³-hybridized carbons (Fsp3) is 0. The molecule has 0 radical (unpaired) electrons. The Morgan fingerprint density at radius 3 is 0.923 bits per heavy atom. The Bertz CT molecular complexity index is 283. The van der Waals surface area contributed by atoms with Crippen molar-refractivity contribution in [3.8, 4) is 0 Å². The molecule has 74 valence electrons. The van der Waals surface area contributed by atoms with Gasteiger partial charge in [-0.25, -0.2) is 0 Å². The van der Waals surface area contributed by atoms with Crippen molar-refractivity contribution in [1.82, 2.24) is 0 Å². The van der Waals surface area contributed by atoms with Gasteiger partial charge in [0, 0.05) is 16.5 Å². The first-order chi connectivity index (χ1) is 5.46. The Hall–Kier alpha value is -1.49. The molecule has 1 aliphatic carbocycles. The molecule has 0 fully saturated rings. The zero-order chi connectivity index (χ0) is 9.46. The normalized spacial score (nSPS) is 17.5. The third-order valence-corrected chi connectivity index (χ3v) is 1.56. The van der Waals surface area contributed by atoms with E-state index >= 15 is 0 Å². The van der Waals surface area contributed by atoms with Crippen molar-refractivity contribution in [3.63, 3.8) is 0 Å². The van der Waals surface area contributed by atoms with Crippen LogP contribution >= 0.6 is 0 Å². The van der Waals surface area contributed by atoms with E-state index in [2.05, 4.69) is 0 Å². The van der Waals surface area contributed by atoms with Crippen molar-refractivity contribution < 1.29 is 26.1 Å². The minimum Gasteiger partial charge on any atom is -0.394 e. The number of Topliss-reactive ketones (excluding diaryl/α,β-unsaturated/α-hetero) is 2. The van der Waals surface area contributed by atoms with Crippen LogP contribution in [0, 0.1) is 0 Å². The molecule has 0 unspecified atom stereocenters. The maximum absolute atomic E-state index is 11.0. The van der Waals surface area contributed by atoms with Crippen molar-refractivity contribution in [2.24, 2.45) is 22.9 Å². The number of carbonyl (C=O) groups excluding carboxylic acids is 2. The molecule has 0 atom stereocenters. The summed E-state index contributed by atoms with van der Waals surface area (Å²) in [5, 5.41) is 0. The minimum atomic E-state index is -0.690. The summed E-state index contributed by atoms with van der Waals surface area (Å²) >= 11 is 0. The standard InChI is InChI=1S/C6H8N4O2.Ni/c7-1-2(8)6(12)4(10)3(9)5(1)11;/h7-10H2;. The third kappa shape index (κ3) is 1.50. The second-order valence-electron chi connectivity index (χ2n) is 2.31. The zero-order valence-corrected chi connectivity index (χ0v) is 7.43. The van der Waals surface area contributed by atoms with Crippen molar-refractivity contribution in [2.75, 3.05) is 0 Å². The topological polar surface area (TPSA) is 138 Å². The number of hydrogen-bond donors (Lipinski definition) is 4. The van der Waals surface area contributed by atoms with E-state index in [1.165, 1.54) is 0 Å². The van der Waals surface area contributed by atoms with Crippen molar-refractivity contribution in [1.29, 1.82) is 0 Å². The summed E-state index contributed by atoms with van der Waals surface area (Å²) in [5.74, 6) is -1.38. The SMILES string of the molecule is NC1=C(N)C(=O)C(N)=C(N)C1=O.[Ni]. The predicted octanol–water partition coefficient (Wildman–Crippen LogP) is -2.61. The minimum absolute atomic E-state index is 0. The van der Waals surface area contributed by atoms with Crippen LogP contribution in [0.25, 0.3) is 0 Å². The van der Waals surface area contributed by atoms with Crippen LogP contribution in [0.5, 0.6) is 0 Å².